The molecule has 0 aromatic heterocycles. The maximum absolute atomic E-state index is 10.1. The summed E-state index contributed by atoms with van der Waals surface area (Å²) in [5.74, 6) is 1.40. The Morgan fingerprint density at radius 1 is 1.88 bits per heavy atom. The minimum Gasteiger partial charge on any atom is -0.455 e. The van der Waals surface area contributed by atoms with Gasteiger partial charge in [0, 0.05) is 5.92 Å². The number of esters is 1. The van der Waals surface area contributed by atoms with Gasteiger partial charge in [-0.1, -0.05) is 0 Å². The summed E-state index contributed by atoms with van der Waals surface area (Å²) in [6.07, 6.45) is 4.65. The van der Waals surface area contributed by atoms with Crippen molar-refractivity contribution in [3.63, 3.8) is 0 Å². The van der Waals surface area contributed by atoms with E-state index in [9.17, 15) is 4.79 Å². The Morgan fingerprint density at radius 2 is 2.50 bits per heavy atom. The van der Waals surface area contributed by atoms with Gasteiger partial charge in [-0.05, 0) is 0 Å². The summed E-state index contributed by atoms with van der Waals surface area (Å²) in [5.41, 5.74) is 0. The van der Waals surface area contributed by atoms with Crippen LogP contribution in [0.4, 0.5) is 0 Å². The van der Waals surface area contributed by atoms with E-state index in [0.717, 1.165) is 0 Å². The van der Waals surface area contributed by atoms with Crippen LogP contribution in [0.1, 0.15) is 0 Å². The van der Waals surface area contributed by atoms with E-state index in [-0.39, 0.29) is 12.5 Å². The van der Waals surface area contributed by atoms with Crippen LogP contribution >= 0.6 is 11.6 Å². The smallest absolute Gasteiger partial charge is 0.384 e. The molecule has 0 saturated carbocycles. The molecule has 0 amide bonds. The number of halogens is 1. The number of hydrogen-bond acceptors (Lipinski definition) is 2. The second-order valence-electron chi connectivity index (χ2n) is 0.969. The first-order valence-electron chi connectivity index (χ1n) is 2.00. The quantitative estimate of drug-likeness (QED) is 0.235. The molecule has 0 aliphatic carbocycles. The van der Waals surface area contributed by atoms with Crippen molar-refractivity contribution in [1.82, 2.24) is 0 Å². The molecule has 0 bridgehead atoms. The number of ether oxygens (including phenoxy) is 1. The van der Waals surface area contributed by atoms with Gasteiger partial charge in [-0.15, -0.1) is 18.0 Å². The van der Waals surface area contributed by atoms with Crippen LogP contribution in [-0.2, 0) is 9.53 Å². The van der Waals surface area contributed by atoms with Gasteiger partial charge in [-0.2, -0.15) is 0 Å². The van der Waals surface area contributed by atoms with Gasteiger partial charge in [0.15, 0.2) is 0 Å². The molecule has 0 fully saturated rings. The lowest BCUT2D eigenvalue weighted by Gasteiger charge is -1.91. The van der Waals surface area contributed by atoms with Crippen LogP contribution < -0.4 is 0 Å². The Morgan fingerprint density at radius 3 is 2.88 bits per heavy atom. The van der Waals surface area contributed by atoms with Crippen molar-refractivity contribution < 1.29 is 9.53 Å². The number of alkyl halides is 1. The second-order valence-corrected chi connectivity index (χ2v) is 1.35. The number of hydrogen-bond donors (Lipinski definition) is 0. The molecule has 0 heterocycles. The van der Waals surface area contributed by atoms with E-state index in [2.05, 4.69) is 11.2 Å². The zero-order valence-corrected chi connectivity index (χ0v) is 4.94. The zero-order chi connectivity index (χ0) is 6.41. The van der Waals surface area contributed by atoms with Crippen LogP contribution in [0.25, 0.3) is 0 Å². The van der Waals surface area contributed by atoms with E-state index in [1.807, 2.05) is 0 Å². The lowest BCUT2D eigenvalue weighted by atomic mass is 10.7. The summed E-state index contributed by atoms with van der Waals surface area (Å²) in [4.78, 5) is 10.1. The molecular weight excluding hydrogens is 128 g/mol. The van der Waals surface area contributed by atoms with Crippen molar-refractivity contribution in [2.45, 2.75) is 0 Å². The highest BCUT2D eigenvalue weighted by atomic mass is 35.5. The fourth-order valence-electron chi connectivity index (χ4n) is 0.173. The molecule has 3 heteroatoms. The fourth-order valence-corrected chi connectivity index (χ4v) is 0.250. The molecule has 0 aliphatic heterocycles. The second kappa shape index (κ2) is 4.48. The van der Waals surface area contributed by atoms with E-state index in [4.69, 9.17) is 11.6 Å². The van der Waals surface area contributed by atoms with Gasteiger partial charge >= 0.3 is 5.97 Å². The van der Waals surface area contributed by atoms with Crippen LogP contribution in [-0.4, -0.2) is 18.5 Å². The largest absolute Gasteiger partial charge is 0.455 e. The first-order chi connectivity index (χ1) is 3.81. The summed E-state index contributed by atoms with van der Waals surface area (Å²) in [6.45, 7) is 0.185. The van der Waals surface area contributed by atoms with Crippen molar-refractivity contribution >= 4 is 17.6 Å². The molecule has 0 aromatic carbocycles. The van der Waals surface area contributed by atoms with E-state index >= 15 is 0 Å². The topological polar surface area (TPSA) is 26.3 Å². The maximum atomic E-state index is 10.1. The Kier molecular flexibility index (Phi) is 4.10. The molecule has 0 rings (SSSR count). The molecule has 0 radical (unpaired) electrons. The monoisotopic (exact) mass is 132 g/mol. The van der Waals surface area contributed by atoms with Crippen LogP contribution in [0, 0.1) is 12.3 Å². The third kappa shape index (κ3) is 3.51. The third-order valence-electron chi connectivity index (χ3n) is 0.428. The first-order valence-corrected chi connectivity index (χ1v) is 2.54. The van der Waals surface area contributed by atoms with E-state index in [1.165, 1.54) is 0 Å². The number of carbonyl (C=O) groups excluding carboxylic acids is 1. The van der Waals surface area contributed by atoms with Crippen molar-refractivity contribution in [3.8, 4) is 12.3 Å². The summed E-state index contributed by atoms with van der Waals surface area (Å²) in [7, 11) is 0. The number of rotatable bonds is 2. The molecule has 0 aromatic rings. The molecular formula is C5H5ClO2. The summed E-state index contributed by atoms with van der Waals surface area (Å²) < 4.78 is 4.33. The molecule has 2 nitrogen and oxygen atoms in total. The van der Waals surface area contributed by atoms with Gasteiger partial charge in [0.1, 0.15) is 6.61 Å². The Bertz CT molecular complexity index is 114. The molecule has 8 heavy (non-hydrogen) atoms. The standard InChI is InChI=1S/C5H5ClO2/c1-2-5(7)8-4-3-6/h1H,3-4H2. The van der Waals surface area contributed by atoms with Gasteiger partial charge in [0.2, 0.25) is 0 Å². The first kappa shape index (κ1) is 7.32. The van der Waals surface area contributed by atoms with Gasteiger partial charge in [0.05, 0.1) is 5.88 Å². The minimum absolute atomic E-state index is 0.185. The molecule has 0 saturated heterocycles. The lowest BCUT2D eigenvalue weighted by Crippen LogP contribution is -2.02. The predicted octanol–water partition coefficient (Wildman–Crippen LogP) is 0.402. The number of carbonyl (C=O) groups is 1. The Labute approximate surface area is 52.8 Å². The lowest BCUT2D eigenvalue weighted by molar-refractivity contribution is -0.136. The minimum atomic E-state index is -0.661. The molecule has 44 valence electrons. The maximum Gasteiger partial charge on any atom is 0.384 e. The van der Waals surface area contributed by atoms with Crippen LogP contribution in [0.5, 0.6) is 0 Å². The average molecular weight is 133 g/mol. The summed E-state index contributed by atoms with van der Waals surface area (Å²) >= 11 is 5.16. The highest BCUT2D eigenvalue weighted by Gasteiger charge is 1.91. The predicted molar refractivity (Wildman–Crippen MR) is 30.5 cm³/mol. The van der Waals surface area contributed by atoms with Gasteiger partial charge < -0.3 is 4.74 Å². The molecule has 0 spiro atoms. The van der Waals surface area contributed by atoms with Gasteiger partial charge in [-0.3, -0.25) is 0 Å². The highest BCUT2D eigenvalue weighted by Crippen LogP contribution is 1.78. The third-order valence-corrected chi connectivity index (χ3v) is 0.582. The van der Waals surface area contributed by atoms with Crippen molar-refractivity contribution in [1.29, 1.82) is 0 Å². The normalized spacial score (nSPS) is 7.50. The van der Waals surface area contributed by atoms with Crippen molar-refractivity contribution in [2.24, 2.45) is 0 Å². The molecule has 0 atom stereocenters. The molecule has 0 unspecified atom stereocenters. The molecule has 0 aliphatic rings. The summed E-state index contributed by atoms with van der Waals surface area (Å²) in [5, 5.41) is 0. The highest BCUT2D eigenvalue weighted by molar-refractivity contribution is 6.18. The summed E-state index contributed by atoms with van der Waals surface area (Å²) in [6, 6.07) is 0. The zero-order valence-electron chi connectivity index (χ0n) is 4.19. The Hall–Kier alpha value is -0.680. The van der Waals surface area contributed by atoms with Crippen LogP contribution in [0.15, 0.2) is 0 Å². The van der Waals surface area contributed by atoms with E-state index in [1.54, 1.807) is 5.92 Å². The molecule has 0 N–H and O–H groups in total. The van der Waals surface area contributed by atoms with Crippen molar-refractivity contribution in [2.75, 3.05) is 12.5 Å². The van der Waals surface area contributed by atoms with Gasteiger partial charge in [0.25, 0.3) is 0 Å². The van der Waals surface area contributed by atoms with Crippen LogP contribution in [0.2, 0.25) is 0 Å². The SMILES string of the molecule is C#CC(=O)OCCCl. The number of terminal acetylenes is 1. The Balaban J connectivity index is 3.16. The van der Waals surface area contributed by atoms with E-state index < -0.39 is 5.97 Å². The van der Waals surface area contributed by atoms with Crippen molar-refractivity contribution in [3.05, 3.63) is 0 Å². The van der Waals surface area contributed by atoms with Gasteiger partial charge in [-0.25, -0.2) is 4.79 Å². The van der Waals surface area contributed by atoms with Crippen LogP contribution in [0.3, 0.4) is 0 Å². The van der Waals surface area contributed by atoms with E-state index in [0.29, 0.717) is 0 Å². The fraction of sp³-hybridized carbons (Fsp3) is 0.400. The average Bonchev–Trinajstić information content (AvgIpc) is 1.83.